The smallest absolute Gasteiger partial charge is 0.128 e. The van der Waals surface area contributed by atoms with Crippen LogP contribution in [0.1, 0.15) is 49.1 Å². The Morgan fingerprint density at radius 1 is 0.714 bits per heavy atom. The van der Waals surface area contributed by atoms with Crippen LogP contribution < -0.4 is 4.40 Å². The molecule has 1 aliphatic rings. The molecule has 3 heterocycles. The number of para-hydroxylation sites is 1. The summed E-state index contributed by atoms with van der Waals surface area (Å²) < 4.78 is 8.03. The molecule has 0 amide bonds. The van der Waals surface area contributed by atoms with E-state index in [0.717, 1.165) is 55.6 Å². The van der Waals surface area contributed by atoms with Gasteiger partial charge in [0.2, 0.25) is 0 Å². The molecule has 0 saturated heterocycles. The van der Waals surface area contributed by atoms with Gasteiger partial charge in [0, 0.05) is 37.3 Å². The Hall–Kier alpha value is -3.83. The molecule has 8 rings (SSSR count). The van der Waals surface area contributed by atoms with Crippen molar-refractivity contribution in [3.8, 4) is 33.6 Å². The van der Waals surface area contributed by atoms with Gasteiger partial charge >= 0.3 is 106 Å². The third-order valence-corrected chi connectivity index (χ3v) is 14.1. The SMILES string of the molecule is Cc1cc(-c2[c-]cccc2)nc[c]1[Ge]([CH3])([CH3])[CH3].[Ir].[c-]1ccc2c(oc3c(-c4ccccc4)cccc32)c1-c1cc(C2CCCCC2)ccn1. The number of rotatable bonds is 5. The Balaban J connectivity index is 0.000000198. The quantitative estimate of drug-likeness (QED) is 0.128. The van der Waals surface area contributed by atoms with Crippen molar-refractivity contribution < 1.29 is 24.5 Å². The summed E-state index contributed by atoms with van der Waals surface area (Å²) in [6, 6.07) is 42.2. The van der Waals surface area contributed by atoms with Gasteiger partial charge in [-0.1, -0.05) is 90.4 Å². The van der Waals surface area contributed by atoms with Crippen molar-refractivity contribution in [1.29, 1.82) is 0 Å². The van der Waals surface area contributed by atoms with Gasteiger partial charge in [0.25, 0.3) is 0 Å². The number of hydrogen-bond acceptors (Lipinski definition) is 3. The second-order valence-corrected chi connectivity index (χ2v) is 24.5. The van der Waals surface area contributed by atoms with Crippen LogP contribution in [-0.4, -0.2) is 23.2 Å². The Labute approximate surface area is 306 Å². The second kappa shape index (κ2) is 15.4. The van der Waals surface area contributed by atoms with Gasteiger partial charge in [-0.15, -0.1) is 18.2 Å². The minimum Gasteiger partial charge on any atom is -0.500 e. The summed E-state index contributed by atoms with van der Waals surface area (Å²) in [7, 11) is 0. The molecule has 0 N–H and O–H groups in total. The minimum absolute atomic E-state index is 0. The molecule has 0 spiro atoms. The number of nitrogens with zero attached hydrogens (tertiary/aromatic N) is 2. The number of pyridine rings is 2. The van der Waals surface area contributed by atoms with Crippen LogP contribution in [0.3, 0.4) is 0 Å². The molecule has 0 bridgehead atoms. The van der Waals surface area contributed by atoms with E-state index in [9.17, 15) is 0 Å². The summed E-state index contributed by atoms with van der Waals surface area (Å²) in [5, 5.41) is 2.25. The standard InChI is InChI=1S/C29H24NO.C15H18GeN.Ir/c1-3-9-20(10-4-1)22-17-18-30-27(19-22)26-16-8-15-25-24-14-7-13-23(28(24)31-29(25)26)21-11-5-2-6-12-21;1-12-10-15(13-8-6-5-7-9-13)17-11-14(12)16(2,3)4;/h2,5-8,11-15,17-20H,1,3-4,9-10H2;5-8,10-11H,1-4H3;/q2*-1;. The molecular weight excluding hydrogens is 837 g/mol. The fourth-order valence-corrected chi connectivity index (χ4v) is 10.7. The molecule has 0 unspecified atom stereocenters. The number of aryl methyl sites for hydroxylation is 1. The minimum atomic E-state index is -1.77. The van der Waals surface area contributed by atoms with Crippen molar-refractivity contribution in [2.24, 2.45) is 0 Å². The van der Waals surface area contributed by atoms with Gasteiger partial charge in [0.15, 0.2) is 0 Å². The van der Waals surface area contributed by atoms with Crippen LogP contribution in [0.4, 0.5) is 0 Å². The zero-order valence-corrected chi connectivity index (χ0v) is 33.2. The zero-order chi connectivity index (χ0) is 33.1. The summed E-state index contributed by atoms with van der Waals surface area (Å²) in [6.07, 6.45) is 10.6. The molecule has 5 heteroatoms. The van der Waals surface area contributed by atoms with Crippen LogP contribution >= 0.6 is 0 Å². The van der Waals surface area contributed by atoms with E-state index in [-0.39, 0.29) is 20.1 Å². The molecule has 4 aromatic carbocycles. The third kappa shape index (κ3) is 7.68. The summed E-state index contributed by atoms with van der Waals surface area (Å²) in [5.74, 6) is 7.85. The van der Waals surface area contributed by atoms with E-state index in [1.165, 1.54) is 47.6 Å². The van der Waals surface area contributed by atoms with Gasteiger partial charge in [0.1, 0.15) is 5.58 Å². The average Bonchev–Trinajstić information content (AvgIpc) is 3.52. The van der Waals surface area contributed by atoms with Crippen LogP contribution in [-0.2, 0) is 20.1 Å². The van der Waals surface area contributed by atoms with Crippen LogP contribution in [0.15, 0.2) is 120 Å². The predicted octanol–water partition coefficient (Wildman–Crippen LogP) is 11.6. The maximum Gasteiger partial charge on any atom is 0.128 e. The van der Waals surface area contributed by atoms with E-state index < -0.39 is 13.3 Å². The summed E-state index contributed by atoms with van der Waals surface area (Å²) in [5.41, 5.74) is 10.8. The van der Waals surface area contributed by atoms with Crippen molar-refractivity contribution in [3.63, 3.8) is 0 Å². The first kappa shape index (κ1) is 35.0. The number of fused-ring (bicyclic) bond motifs is 3. The molecule has 1 fully saturated rings. The normalized spacial score (nSPS) is 13.5. The molecule has 0 aliphatic heterocycles. The van der Waals surface area contributed by atoms with E-state index >= 15 is 0 Å². The first-order valence-electron chi connectivity index (χ1n) is 17.2. The number of aromatic nitrogens is 2. The molecular formula is C44H42GeIrN2O-2. The van der Waals surface area contributed by atoms with Crippen LogP contribution in [0.25, 0.3) is 55.6 Å². The largest absolute Gasteiger partial charge is 0.500 e. The van der Waals surface area contributed by atoms with E-state index in [2.05, 4.69) is 120 Å². The molecule has 1 aliphatic carbocycles. The fraction of sp³-hybridized carbons (Fsp3) is 0.227. The second-order valence-electron chi connectivity index (χ2n) is 14.0. The fourth-order valence-electron chi connectivity index (χ4n) is 7.11. The molecule has 1 saturated carbocycles. The Kier molecular flexibility index (Phi) is 11.0. The Bertz CT molecular complexity index is 2160. The molecule has 249 valence electrons. The van der Waals surface area contributed by atoms with Crippen LogP contribution in [0.2, 0.25) is 17.3 Å². The van der Waals surface area contributed by atoms with Gasteiger partial charge in [0.05, 0.1) is 5.58 Å². The number of benzene rings is 4. The van der Waals surface area contributed by atoms with Crippen LogP contribution in [0, 0.1) is 19.1 Å². The van der Waals surface area contributed by atoms with E-state index in [4.69, 9.17) is 9.40 Å². The molecule has 1 radical (unpaired) electrons. The molecule has 0 atom stereocenters. The van der Waals surface area contributed by atoms with E-state index in [0.29, 0.717) is 5.92 Å². The van der Waals surface area contributed by atoms with Crippen molar-refractivity contribution in [3.05, 3.63) is 139 Å². The van der Waals surface area contributed by atoms with Gasteiger partial charge in [-0.05, 0) is 36.1 Å². The van der Waals surface area contributed by atoms with Crippen molar-refractivity contribution >= 4 is 39.6 Å². The topological polar surface area (TPSA) is 38.9 Å². The summed E-state index contributed by atoms with van der Waals surface area (Å²) >= 11 is -1.77. The van der Waals surface area contributed by atoms with Gasteiger partial charge in [-0.2, -0.15) is 0 Å². The van der Waals surface area contributed by atoms with Crippen molar-refractivity contribution in [2.75, 3.05) is 0 Å². The van der Waals surface area contributed by atoms with Gasteiger partial charge in [-0.25, -0.2) is 0 Å². The Morgan fingerprint density at radius 2 is 1.49 bits per heavy atom. The van der Waals surface area contributed by atoms with Gasteiger partial charge < -0.3 is 9.40 Å². The monoisotopic (exact) mass is 881 g/mol. The summed E-state index contributed by atoms with van der Waals surface area (Å²) in [4.78, 5) is 9.31. The zero-order valence-electron chi connectivity index (χ0n) is 28.7. The third-order valence-electron chi connectivity index (χ3n) is 9.56. The maximum absolute atomic E-state index is 6.54. The molecule has 7 aromatic rings. The number of hydrogen-bond donors (Lipinski definition) is 0. The van der Waals surface area contributed by atoms with E-state index in [1.807, 2.05) is 36.5 Å². The Morgan fingerprint density at radius 3 is 2.22 bits per heavy atom. The summed E-state index contributed by atoms with van der Waals surface area (Å²) in [6.45, 7) is 2.19. The molecule has 3 aromatic heterocycles. The first-order chi connectivity index (χ1) is 23.4. The van der Waals surface area contributed by atoms with Crippen LogP contribution in [0.5, 0.6) is 0 Å². The van der Waals surface area contributed by atoms with Crippen molar-refractivity contribution in [1.82, 2.24) is 9.97 Å². The van der Waals surface area contributed by atoms with Gasteiger partial charge in [-0.3, -0.25) is 0 Å². The number of furan rings is 1. The predicted molar refractivity (Wildman–Crippen MR) is 203 cm³/mol. The average molecular weight is 880 g/mol. The molecule has 3 nitrogen and oxygen atoms in total. The van der Waals surface area contributed by atoms with Crippen molar-refractivity contribution in [2.45, 2.75) is 62.2 Å². The van der Waals surface area contributed by atoms with E-state index in [1.54, 1.807) is 0 Å². The molecule has 49 heavy (non-hydrogen) atoms. The first-order valence-corrected chi connectivity index (χ1v) is 24.5. The maximum atomic E-state index is 6.54.